The van der Waals surface area contributed by atoms with Crippen molar-refractivity contribution in [1.82, 2.24) is 10.6 Å². The van der Waals surface area contributed by atoms with Crippen LogP contribution in [-0.4, -0.2) is 23.4 Å². The van der Waals surface area contributed by atoms with Crippen LogP contribution in [0, 0.1) is 23.7 Å². The van der Waals surface area contributed by atoms with Crippen molar-refractivity contribution in [2.24, 2.45) is 23.7 Å². The molecular formula is C22H29ClN2O2. The molecule has 0 heterocycles. The first kappa shape index (κ1) is 18.8. The second-order valence-electron chi connectivity index (χ2n) is 9.39. The van der Waals surface area contributed by atoms with Crippen molar-refractivity contribution >= 4 is 23.4 Å². The molecule has 2 N–H and O–H groups in total. The van der Waals surface area contributed by atoms with Crippen molar-refractivity contribution in [2.75, 3.05) is 0 Å². The van der Waals surface area contributed by atoms with Gasteiger partial charge in [0.15, 0.2) is 0 Å². The van der Waals surface area contributed by atoms with Crippen LogP contribution in [-0.2, 0) is 4.79 Å². The molecule has 1 aromatic carbocycles. The second kappa shape index (κ2) is 7.12. The van der Waals surface area contributed by atoms with Crippen LogP contribution in [0.2, 0.25) is 5.02 Å². The fourth-order valence-corrected chi connectivity index (χ4v) is 6.09. The van der Waals surface area contributed by atoms with Crippen LogP contribution in [0.4, 0.5) is 0 Å². The predicted molar refractivity (Wildman–Crippen MR) is 107 cm³/mol. The van der Waals surface area contributed by atoms with Crippen molar-refractivity contribution in [1.29, 1.82) is 0 Å². The van der Waals surface area contributed by atoms with Crippen molar-refractivity contribution in [3.8, 4) is 0 Å². The molecule has 5 heteroatoms. The Balaban J connectivity index is 1.45. The normalized spacial score (nSPS) is 32.4. The molecule has 2 amide bonds. The summed E-state index contributed by atoms with van der Waals surface area (Å²) in [5.74, 6) is 2.09. The fourth-order valence-electron chi connectivity index (χ4n) is 5.96. The standard InChI is InChI=1S/C22H29ClN2O2/c1-13(2)19(24-20(26)17-3-5-18(23)6-4-17)21(27)25-22-10-14-7-15(11-22)9-16(8-14)12-22/h3-6,13-16,19H,7-12H2,1-2H3,(H,24,26)(H,25,27). The van der Waals surface area contributed by atoms with Gasteiger partial charge in [0, 0.05) is 16.1 Å². The van der Waals surface area contributed by atoms with E-state index in [0.29, 0.717) is 10.6 Å². The maximum absolute atomic E-state index is 13.1. The van der Waals surface area contributed by atoms with E-state index in [0.717, 1.165) is 37.0 Å². The minimum atomic E-state index is -0.527. The number of halogens is 1. The molecule has 0 aromatic heterocycles. The average Bonchev–Trinajstić information content (AvgIpc) is 2.58. The summed E-state index contributed by atoms with van der Waals surface area (Å²) in [5.41, 5.74) is 0.483. The zero-order valence-electron chi connectivity index (χ0n) is 16.1. The number of rotatable bonds is 5. The largest absolute Gasteiger partial charge is 0.349 e. The molecule has 0 radical (unpaired) electrons. The van der Waals surface area contributed by atoms with Gasteiger partial charge in [-0.1, -0.05) is 25.4 Å². The van der Waals surface area contributed by atoms with Crippen LogP contribution < -0.4 is 10.6 Å². The molecule has 1 atom stereocenters. The topological polar surface area (TPSA) is 58.2 Å². The van der Waals surface area contributed by atoms with E-state index in [-0.39, 0.29) is 23.3 Å². The van der Waals surface area contributed by atoms with Crippen LogP contribution in [0.1, 0.15) is 62.7 Å². The second-order valence-corrected chi connectivity index (χ2v) is 9.83. The number of nitrogens with one attached hydrogen (secondary N) is 2. The lowest BCUT2D eigenvalue weighted by Crippen LogP contribution is -2.63. The van der Waals surface area contributed by atoms with E-state index in [2.05, 4.69) is 10.6 Å². The summed E-state index contributed by atoms with van der Waals surface area (Å²) in [6.45, 7) is 3.96. The van der Waals surface area contributed by atoms with E-state index in [1.54, 1.807) is 24.3 Å². The van der Waals surface area contributed by atoms with Gasteiger partial charge in [0.2, 0.25) is 5.91 Å². The third-order valence-electron chi connectivity index (χ3n) is 6.77. The molecule has 1 unspecified atom stereocenters. The monoisotopic (exact) mass is 388 g/mol. The first-order valence-corrected chi connectivity index (χ1v) is 10.6. The van der Waals surface area contributed by atoms with Gasteiger partial charge in [-0.2, -0.15) is 0 Å². The highest BCUT2D eigenvalue weighted by atomic mass is 35.5. The minimum Gasteiger partial charge on any atom is -0.349 e. The maximum Gasteiger partial charge on any atom is 0.251 e. The molecule has 4 aliphatic rings. The van der Waals surface area contributed by atoms with Crippen LogP contribution in [0.3, 0.4) is 0 Å². The number of amides is 2. The van der Waals surface area contributed by atoms with E-state index in [9.17, 15) is 9.59 Å². The number of hydrogen-bond acceptors (Lipinski definition) is 2. The van der Waals surface area contributed by atoms with Gasteiger partial charge in [-0.25, -0.2) is 0 Å². The first-order valence-electron chi connectivity index (χ1n) is 10.2. The smallest absolute Gasteiger partial charge is 0.251 e. The summed E-state index contributed by atoms with van der Waals surface area (Å²) in [7, 11) is 0. The molecule has 146 valence electrons. The predicted octanol–water partition coefficient (Wildman–Crippen LogP) is 4.18. The highest BCUT2D eigenvalue weighted by Crippen LogP contribution is 2.55. The molecule has 4 bridgehead atoms. The molecule has 4 aliphatic carbocycles. The maximum atomic E-state index is 13.1. The van der Waals surface area contributed by atoms with Crippen LogP contribution >= 0.6 is 11.6 Å². The van der Waals surface area contributed by atoms with Crippen molar-refractivity contribution in [2.45, 2.75) is 64.0 Å². The lowest BCUT2D eigenvalue weighted by Gasteiger charge is -2.57. The zero-order chi connectivity index (χ0) is 19.2. The molecule has 4 saturated carbocycles. The van der Waals surface area contributed by atoms with Gasteiger partial charge in [-0.05, 0) is 86.5 Å². The Morgan fingerprint density at radius 2 is 1.52 bits per heavy atom. The molecule has 4 fully saturated rings. The molecule has 0 spiro atoms. The third-order valence-corrected chi connectivity index (χ3v) is 7.02. The Morgan fingerprint density at radius 1 is 1.00 bits per heavy atom. The van der Waals surface area contributed by atoms with E-state index in [1.165, 1.54) is 19.3 Å². The summed E-state index contributed by atoms with van der Waals surface area (Å²) < 4.78 is 0. The van der Waals surface area contributed by atoms with E-state index in [4.69, 9.17) is 11.6 Å². The van der Waals surface area contributed by atoms with Gasteiger partial charge in [0.05, 0.1) is 0 Å². The number of hydrogen-bond donors (Lipinski definition) is 2. The lowest BCUT2D eigenvalue weighted by atomic mass is 9.53. The molecule has 27 heavy (non-hydrogen) atoms. The zero-order valence-corrected chi connectivity index (χ0v) is 16.9. The highest BCUT2D eigenvalue weighted by molar-refractivity contribution is 6.30. The molecular weight excluding hydrogens is 360 g/mol. The lowest BCUT2D eigenvalue weighted by molar-refractivity contribution is -0.129. The van der Waals surface area contributed by atoms with Crippen molar-refractivity contribution in [3.05, 3.63) is 34.9 Å². The van der Waals surface area contributed by atoms with E-state index >= 15 is 0 Å². The van der Waals surface area contributed by atoms with Gasteiger partial charge in [0.1, 0.15) is 6.04 Å². The van der Waals surface area contributed by atoms with Crippen LogP contribution in [0.25, 0.3) is 0 Å². The van der Waals surface area contributed by atoms with E-state index in [1.807, 2.05) is 13.8 Å². The summed E-state index contributed by atoms with van der Waals surface area (Å²) in [6, 6.07) is 6.23. The number of carbonyl (C=O) groups excluding carboxylic acids is 2. The van der Waals surface area contributed by atoms with Crippen molar-refractivity contribution < 1.29 is 9.59 Å². The van der Waals surface area contributed by atoms with Gasteiger partial charge in [-0.3, -0.25) is 9.59 Å². The summed E-state index contributed by atoms with van der Waals surface area (Å²) in [4.78, 5) is 25.7. The average molecular weight is 389 g/mol. The summed E-state index contributed by atoms with van der Waals surface area (Å²) in [5, 5.41) is 6.93. The van der Waals surface area contributed by atoms with Gasteiger partial charge < -0.3 is 10.6 Å². The Morgan fingerprint density at radius 3 is 2.00 bits per heavy atom. The fraction of sp³-hybridized carbons (Fsp3) is 0.636. The Labute approximate surface area is 166 Å². The molecule has 1 aromatic rings. The van der Waals surface area contributed by atoms with Crippen LogP contribution in [0.5, 0.6) is 0 Å². The Kier molecular flexibility index (Phi) is 4.96. The van der Waals surface area contributed by atoms with Gasteiger partial charge in [-0.15, -0.1) is 0 Å². The minimum absolute atomic E-state index is 0.0233. The first-order chi connectivity index (χ1) is 12.8. The summed E-state index contributed by atoms with van der Waals surface area (Å²) in [6.07, 6.45) is 7.37. The molecule has 0 aliphatic heterocycles. The third kappa shape index (κ3) is 3.87. The SMILES string of the molecule is CC(C)C(NC(=O)c1ccc(Cl)cc1)C(=O)NC12CC3CC(CC(C3)C1)C2. The number of carbonyl (C=O) groups is 2. The van der Waals surface area contributed by atoms with Gasteiger partial charge >= 0.3 is 0 Å². The highest BCUT2D eigenvalue weighted by Gasteiger charge is 2.52. The Hall–Kier alpha value is -1.55. The van der Waals surface area contributed by atoms with Gasteiger partial charge in [0.25, 0.3) is 5.91 Å². The molecule has 4 nitrogen and oxygen atoms in total. The van der Waals surface area contributed by atoms with Crippen LogP contribution in [0.15, 0.2) is 24.3 Å². The van der Waals surface area contributed by atoms with E-state index < -0.39 is 6.04 Å². The molecule has 5 rings (SSSR count). The Bertz CT molecular complexity index is 693. The quantitative estimate of drug-likeness (QED) is 0.794. The molecule has 0 saturated heterocycles. The number of benzene rings is 1. The van der Waals surface area contributed by atoms with Crippen molar-refractivity contribution in [3.63, 3.8) is 0 Å². The summed E-state index contributed by atoms with van der Waals surface area (Å²) >= 11 is 5.90.